The first-order valence-electron chi connectivity index (χ1n) is 9.51. The van der Waals surface area contributed by atoms with Crippen LogP contribution in [0.3, 0.4) is 0 Å². The van der Waals surface area contributed by atoms with Crippen LogP contribution in [0, 0.1) is 0 Å². The van der Waals surface area contributed by atoms with Crippen molar-refractivity contribution in [3.05, 3.63) is 47.5 Å². The number of halogens is 1. The molecule has 2 unspecified atom stereocenters. The average molecular weight is 438 g/mol. The minimum Gasteiger partial charge on any atom is -1.00 e. The Morgan fingerprint density at radius 2 is 1.63 bits per heavy atom. The van der Waals surface area contributed by atoms with Gasteiger partial charge in [-0.3, -0.25) is 4.79 Å². The van der Waals surface area contributed by atoms with Gasteiger partial charge in [0, 0.05) is 11.6 Å². The third kappa shape index (κ3) is 5.56. The Kier molecular flexibility index (Phi) is 8.77. The topological polar surface area (TPSA) is 67.7 Å². The molecule has 0 amide bonds. The normalized spacial score (nSPS) is 17.7. The maximum Gasteiger partial charge on any atom is 0.182 e. The van der Waals surface area contributed by atoms with Crippen molar-refractivity contribution in [2.24, 2.45) is 0 Å². The number of rotatable bonds is 9. The number of hydrogen-bond acceptors (Lipinski definition) is 6. The highest BCUT2D eigenvalue weighted by Crippen LogP contribution is 2.29. The second-order valence-electron chi connectivity index (χ2n) is 6.89. The molecule has 2 aromatic carbocycles. The van der Waals surface area contributed by atoms with Crippen LogP contribution in [-0.4, -0.2) is 54.0 Å². The van der Waals surface area contributed by atoms with Gasteiger partial charge >= 0.3 is 0 Å². The zero-order valence-corrected chi connectivity index (χ0v) is 18.5. The van der Waals surface area contributed by atoms with Gasteiger partial charge in [-0.2, -0.15) is 0 Å². The van der Waals surface area contributed by atoms with Gasteiger partial charge in [-0.15, -0.1) is 0 Å². The summed E-state index contributed by atoms with van der Waals surface area (Å²) in [6, 6.07) is 11.0. The van der Waals surface area contributed by atoms with Gasteiger partial charge in [0.1, 0.15) is 24.1 Å². The van der Waals surface area contributed by atoms with Gasteiger partial charge in [0.05, 0.1) is 41.4 Å². The molecule has 2 aromatic rings. The fraction of sp³-hybridized carbons (Fsp3) is 0.409. The lowest BCUT2D eigenvalue weighted by molar-refractivity contribution is -0.896. The van der Waals surface area contributed by atoms with E-state index in [1.54, 1.807) is 46.6 Å². The first-order chi connectivity index (χ1) is 14.1. The summed E-state index contributed by atoms with van der Waals surface area (Å²) in [4.78, 5) is 13.8. The van der Waals surface area contributed by atoms with Crippen molar-refractivity contribution in [1.82, 2.24) is 0 Å². The molecule has 1 saturated heterocycles. The highest BCUT2D eigenvalue weighted by atomic mass is 35.5. The molecule has 0 aromatic heterocycles. The fourth-order valence-corrected chi connectivity index (χ4v) is 3.45. The minimum atomic E-state index is -0.0508. The van der Waals surface area contributed by atoms with E-state index in [9.17, 15) is 4.79 Å². The van der Waals surface area contributed by atoms with Crippen molar-refractivity contribution < 1.29 is 45.8 Å². The van der Waals surface area contributed by atoms with Gasteiger partial charge in [0.2, 0.25) is 0 Å². The molecule has 7 nitrogen and oxygen atoms in total. The number of carbonyl (C=O) groups excluding carboxylic acids is 1. The van der Waals surface area contributed by atoms with E-state index in [1.165, 1.54) is 4.90 Å². The summed E-state index contributed by atoms with van der Waals surface area (Å²) >= 11 is 0. The number of methoxy groups -OCH3 is 4. The Hall–Kier alpha value is -2.48. The number of carbonyl (C=O) groups is 1. The van der Waals surface area contributed by atoms with Crippen molar-refractivity contribution in [1.29, 1.82) is 0 Å². The predicted molar refractivity (Wildman–Crippen MR) is 107 cm³/mol. The first kappa shape index (κ1) is 23.8. The molecule has 1 fully saturated rings. The number of benzene rings is 2. The maximum atomic E-state index is 12.6. The molecule has 1 aliphatic rings. The molecule has 0 saturated carbocycles. The van der Waals surface area contributed by atoms with Crippen LogP contribution in [-0.2, 0) is 4.74 Å². The molecule has 0 spiro atoms. The number of ether oxygens (including phenoxy) is 5. The van der Waals surface area contributed by atoms with E-state index < -0.39 is 0 Å². The fourth-order valence-electron chi connectivity index (χ4n) is 3.45. The lowest BCUT2D eigenvalue weighted by Gasteiger charge is -2.13. The summed E-state index contributed by atoms with van der Waals surface area (Å²) in [7, 11) is 6.40. The van der Waals surface area contributed by atoms with Crippen LogP contribution in [0.15, 0.2) is 36.4 Å². The zero-order chi connectivity index (χ0) is 20.8. The lowest BCUT2D eigenvalue weighted by atomic mass is 10.1. The van der Waals surface area contributed by atoms with Gasteiger partial charge in [-0.25, -0.2) is 0 Å². The lowest BCUT2D eigenvalue weighted by Crippen LogP contribution is -3.10. The van der Waals surface area contributed by atoms with E-state index >= 15 is 0 Å². The quantitative estimate of drug-likeness (QED) is 0.503. The molecular weight excluding hydrogens is 410 g/mol. The molecule has 8 heteroatoms. The van der Waals surface area contributed by atoms with Gasteiger partial charge < -0.3 is 41.0 Å². The molecular formula is C22H28ClNO6. The van der Waals surface area contributed by atoms with E-state index in [-0.39, 0.29) is 24.3 Å². The summed E-state index contributed by atoms with van der Waals surface area (Å²) in [5.41, 5.74) is 1.64. The largest absolute Gasteiger partial charge is 1.00 e. The number of ketones is 1. The number of Topliss-reactive ketones (excluding diaryl/α,β-unsaturated/α-hetero) is 1. The van der Waals surface area contributed by atoms with Crippen molar-refractivity contribution in [2.75, 3.05) is 48.3 Å². The van der Waals surface area contributed by atoms with Crippen molar-refractivity contribution in [3.63, 3.8) is 0 Å². The van der Waals surface area contributed by atoms with Crippen LogP contribution in [0.1, 0.15) is 28.4 Å². The SMILES string of the molecule is COc1cc(OC)cc(C2C[NH+](CCC(=O)c3ccc(OC)c(OC)c3)CO2)c1.[Cl-]. The van der Waals surface area contributed by atoms with Crippen LogP contribution in [0.25, 0.3) is 0 Å². The molecule has 0 radical (unpaired) electrons. The highest BCUT2D eigenvalue weighted by molar-refractivity contribution is 5.96. The van der Waals surface area contributed by atoms with Gasteiger partial charge in [0.15, 0.2) is 24.0 Å². The molecule has 3 rings (SSSR count). The number of quaternary nitrogens is 1. The van der Waals surface area contributed by atoms with Gasteiger partial charge in [0.25, 0.3) is 0 Å². The Morgan fingerprint density at radius 1 is 0.967 bits per heavy atom. The summed E-state index contributed by atoms with van der Waals surface area (Å²) in [6.07, 6.45) is 0.382. The Morgan fingerprint density at radius 3 is 2.23 bits per heavy atom. The highest BCUT2D eigenvalue weighted by Gasteiger charge is 2.29. The molecule has 164 valence electrons. The molecule has 1 heterocycles. The summed E-state index contributed by atoms with van der Waals surface area (Å²) in [5, 5.41) is 0. The van der Waals surface area contributed by atoms with Crippen LogP contribution < -0.4 is 36.3 Å². The molecule has 2 atom stereocenters. The Balaban J connectivity index is 0.00000320. The standard InChI is InChI=1S/C22H27NO6.ClH/c1-25-17-9-16(10-18(12-17)26-2)22-13-23(14-29-22)8-7-19(24)15-5-6-20(27-3)21(11-15)28-4;/h5-6,9-12,22H,7-8,13-14H2,1-4H3;1H. The summed E-state index contributed by atoms with van der Waals surface area (Å²) in [5.74, 6) is 2.71. The zero-order valence-electron chi connectivity index (χ0n) is 17.7. The van der Waals surface area contributed by atoms with Crippen LogP contribution in [0.5, 0.6) is 23.0 Å². The summed E-state index contributed by atoms with van der Waals surface area (Å²) in [6.45, 7) is 2.05. The number of hydrogen-bond donors (Lipinski definition) is 1. The van der Waals surface area contributed by atoms with Crippen molar-refractivity contribution >= 4 is 5.78 Å². The van der Waals surface area contributed by atoms with Crippen LogP contribution in [0.4, 0.5) is 0 Å². The Labute approximate surface area is 183 Å². The van der Waals surface area contributed by atoms with Gasteiger partial charge in [-0.1, -0.05) is 0 Å². The van der Waals surface area contributed by atoms with E-state index in [4.69, 9.17) is 23.7 Å². The van der Waals surface area contributed by atoms with Crippen LogP contribution >= 0.6 is 0 Å². The van der Waals surface area contributed by atoms with Crippen molar-refractivity contribution in [3.8, 4) is 23.0 Å². The first-order valence-corrected chi connectivity index (χ1v) is 9.51. The van der Waals surface area contributed by atoms with E-state index in [1.807, 2.05) is 18.2 Å². The van der Waals surface area contributed by atoms with Gasteiger partial charge in [-0.05, 0) is 35.9 Å². The minimum absolute atomic E-state index is 0. The Bertz CT molecular complexity index is 837. The molecule has 0 aliphatic carbocycles. The molecule has 1 N–H and O–H groups in total. The van der Waals surface area contributed by atoms with Crippen LogP contribution in [0.2, 0.25) is 0 Å². The average Bonchev–Trinajstić information content (AvgIpc) is 3.25. The smallest absolute Gasteiger partial charge is 0.182 e. The van der Waals surface area contributed by atoms with E-state index in [0.29, 0.717) is 36.8 Å². The predicted octanol–water partition coefficient (Wildman–Crippen LogP) is -1.09. The second-order valence-corrected chi connectivity index (χ2v) is 6.89. The van der Waals surface area contributed by atoms with E-state index in [2.05, 4.69) is 0 Å². The van der Waals surface area contributed by atoms with Crippen molar-refractivity contribution in [2.45, 2.75) is 12.5 Å². The second kappa shape index (κ2) is 11.1. The monoisotopic (exact) mass is 437 g/mol. The van der Waals surface area contributed by atoms with E-state index in [0.717, 1.165) is 23.6 Å². The third-order valence-corrected chi connectivity index (χ3v) is 5.12. The third-order valence-electron chi connectivity index (χ3n) is 5.12. The molecule has 0 bridgehead atoms. The number of nitrogens with one attached hydrogen (secondary N) is 1. The maximum absolute atomic E-state index is 12.6. The molecule has 1 aliphatic heterocycles. The molecule has 30 heavy (non-hydrogen) atoms. The summed E-state index contributed by atoms with van der Waals surface area (Å²) < 4.78 is 27.1.